The lowest BCUT2D eigenvalue weighted by Crippen LogP contribution is -2.25. The van der Waals surface area contributed by atoms with Gasteiger partial charge >= 0.3 is 0 Å². The molecule has 0 saturated carbocycles. The van der Waals surface area contributed by atoms with E-state index in [2.05, 4.69) is 20.2 Å². The van der Waals surface area contributed by atoms with Gasteiger partial charge in [0.05, 0.1) is 6.10 Å². The van der Waals surface area contributed by atoms with Crippen LogP contribution < -0.4 is 15.0 Å². The first-order valence-electron chi connectivity index (χ1n) is 6.57. The van der Waals surface area contributed by atoms with Crippen molar-refractivity contribution in [3.63, 3.8) is 0 Å². The lowest BCUT2D eigenvalue weighted by Gasteiger charge is -2.18. The lowest BCUT2D eigenvalue weighted by atomic mass is 10.1. The Balaban J connectivity index is 2.01. The van der Waals surface area contributed by atoms with E-state index in [-0.39, 0.29) is 6.10 Å². The van der Waals surface area contributed by atoms with E-state index in [1.807, 2.05) is 27.0 Å². The average Bonchev–Trinajstić information content (AvgIpc) is 2.78. The lowest BCUT2D eigenvalue weighted by molar-refractivity contribution is 0.232. The van der Waals surface area contributed by atoms with E-state index in [0.29, 0.717) is 11.8 Å². The first kappa shape index (κ1) is 13.1. The SMILES string of the molecule is CNCC1CCN(c2cc(OC(C)C)ncn2)C1. The number of nitrogens with one attached hydrogen (secondary N) is 1. The maximum absolute atomic E-state index is 5.60. The summed E-state index contributed by atoms with van der Waals surface area (Å²) >= 11 is 0. The first-order valence-corrected chi connectivity index (χ1v) is 6.57. The van der Waals surface area contributed by atoms with Crippen LogP contribution in [0.2, 0.25) is 0 Å². The average molecular weight is 250 g/mol. The van der Waals surface area contributed by atoms with E-state index < -0.39 is 0 Å². The number of hydrogen-bond donors (Lipinski definition) is 1. The van der Waals surface area contributed by atoms with Gasteiger partial charge < -0.3 is 15.0 Å². The number of hydrogen-bond acceptors (Lipinski definition) is 5. The molecule has 5 heteroatoms. The van der Waals surface area contributed by atoms with Gasteiger partial charge in [-0.05, 0) is 39.8 Å². The van der Waals surface area contributed by atoms with Crippen LogP contribution in [-0.2, 0) is 0 Å². The summed E-state index contributed by atoms with van der Waals surface area (Å²) < 4.78 is 5.60. The summed E-state index contributed by atoms with van der Waals surface area (Å²) in [4.78, 5) is 10.8. The quantitative estimate of drug-likeness (QED) is 0.854. The molecule has 1 fully saturated rings. The van der Waals surface area contributed by atoms with Crippen LogP contribution in [0.4, 0.5) is 5.82 Å². The van der Waals surface area contributed by atoms with Gasteiger partial charge in [-0.15, -0.1) is 0 Å². The summed E-state index contributed by atoms with van der Waals surface area (Å²) in [6, 6.07) is 1.93. The fourth-order valence-electron chi connectivity index (χ4n) is 2.30. The molecule has 100 valence electrons. The molecule has 1 aliphatic rings. The second-order valence-corrected chi connectivity index (χ2v) is 5.04. The van der Waals surface area contributed by atoms with E-state index in [1.54, 1.807) is 6.33 Å². The summed E-state index contributed by atoms with van der Waals surface area (Å²) in [6.07, 6.45) is 2.94. The molecule has 1 aromatic rings. The molecule has 0 aromatic carbocycles. The van der Waals surface area contributed by atoms with E-state index in [0.717, 1.165) is 25.5 Å². The molecule has 1 unspecified atom stereocenters. The Morgan fingerprint density at radius 3 is 3.06 bits per heavy atom. The number of nitrogens with zero attached hydrogens (tertiary/aromatic N) is 3. The summed E-state index contributed by atoms with van der Waals surface area (Å²) in [5, 5.41) is 3.24. The molecule has 1 N–H and O–H groups in total. The van der Waals surface area contributed by atoms with Gasteiger partial charge in [0.2, 0.25) is 5.88 Å². The van der Waals surface area contributed by atoms with Gasteiger partial charge in [0.15, 0.2) is 0 Å². The van der Waals surface area contributed by atoms with Crippen molar-refractivity contribution in [1.29, 1.82) is 0 Å². The molecule has 5 nitrogen and oxygen atoms in total. The minimum Gasteiger partial charge on any atom is -0.475 e. The molecule has 1 atom stereocenters. The van der Waals surface area contributed by atoms with Gasteiger partial charge in [-0.2, -0.15) is 0 Å². The van der Waals surface area contributed by atoms with Crippen molar-refractivity contribution in [2.45, 2.75) is 26.4 Å². The van der Waals surface area contributed by atoms with Crippen molar-refractivity contribution < 1.29 is 4.74 Å². The Labute approximate surface area is 109 Å². The normalized spacial score (nSPS) is 19.6. The Morgan fingerprint density at radius 2 is 2.33 bits per heavy atom. The molecule has 2 rings (SSSR count). The highest BCUT2D eigenvalue weighted by Crippen LogP contribution is 2.23. The van der Waals surface area contributed by atoms with Gasteiger partial charge in [-0.3, -0.25) is 0 Å². The van der Waals surface area contributed by atoms with Crippen LogP contribution >= 0.6 is 0 Å². The van der Waals surface area contributed by atoms with Crippen molar-refractivity contribution in [2.75, 3.05) is 31.6 Å². The van der Waals surface area contributed by atoms with Crippen molar-refractivity contribution in [1.82, 2.24) is 15.3 Å². The molecular formula is C13H22N4O. The van der Waals surface area contributed by atoms with Crippen LogP contribution in [0.5, 0.6) is 5.88 Å². The molecule has 0 spiro atoms. The van der Waals surface area contributed by atoms with Crippen LogP contribution in [-0.4, -0.2) is 42.8 Å². The summed E-state index contributed by atoms with van der Waals surface area (Å²) in [5.74, 6) is 2.34. The fraction of sp³-hybridized carbons (Fsp3) is 0.692. The Bertz CT molecular complexity index is 383. The van der Waals surface area contributed by atoms with E-state index >= 15 is 0 Å². The Morgan fingerprint density at radius 1 is 1.50 bits per heavy atom. The van der Waals surface area contributed by atoms with Crippen molar-refractivity contribution in [3.8, 4) is 5.88 Å². The van der Waals surface area contributed by atoms with Gasteiger partial charge in [-0.25, -0.2) is 9.97 Å². The maximum atomic E-state index is 5.60. The molecule has 2 heterocycles. The third-order valence-corrected chi connectivity index (χ3v) is 3.09. The van der Waals surface area contributed by atoms with Gasteiger partial charge in [-0.1, -0.05) is 0 Å². The highest BCUT2D eigenvalue weighted by Gasteiger charge is 2.23. The van der Waals surface area contributed by atoms with Crippen molar-refractivity contribution in [2.24, 2.45) is 5.92 Å². The molecule has 1 saturated heterocycles. The second kappa shape index (κ2) is 6.00. The fourth-order valence-corrected chi connectivity index (χ4v) is 2.30. The third kappa shape index (κ3) is 3.32. The predicted octanol–water partition coefficient (Wildman–Crippen LogP) is 1.31. The van der Waals surface area contributed by atoms with E-state index in [9.17, 15) is 0 Å². The summed E-state index contributed by atoms with van der Waals surface area (Å²) in [7, 11) is 2.00. The Kier molecular flexibility index (Phi) is 4.36. The van der Waals surface area contributed by atoms with Crippen LogP contribution in [0.3, 0.4) is 0 Å². The first-order chi connectivity index (χ1) is 8.69. The number of aromatic nitrogens is 2. The van der Waals surface area contributed by atoms with Crippen LogP contribution in [0, 0.1) is 5.92 Å². The minimum atomic E-state index is 0.142. The number of ether oxygens (including phenoxy) is 1. The highest BCUT2D eigenvalue weighted by molar-refractivity contribution is 5.41. The molecule has 0 aliphatic carbocycles. The summed E-state index contributed by atoms with van der Waals surface area (Å²) in [6.45, 7) is 7.18. The third-order valence-electron chi connectivity index (χ3n) is 3.09. The van der Waals surface area contributed by atoms with Crippen molar-refractivity contribution in [3.05, 3.63) is 12.4 Å². The highest BCUT2D eigenvalue weighted by atomic mass is 16.5. The molecular weight excluding hydrogens is 228 g/mol. The van der Waals surface area contributed by atoms with Crippen LogP contribution in [0.25, 0.3) is 0 Å². The smallest absolute Gasteiger partial charge is 0.218 e. The molecule has 1 aromatic heterocycles. The zero-order valence-corrected chi connectivity index (χ0v) is 11.4. The minimum absolute atomic E-state index is 0.142. The molecule has 18 heavy (non-hydrogen) atoms. The van der Waals surface area contributed by atoms with Gasteiger partial charge in [0, 0.05) is 19.2 Å². The molecule has 0 amide bonds. The van der Waals surface area contributed by atoms with Gasteiger partial charge in [0.25, 0.3) is 0 Å². The van der Waals surface area contributed by atoms with E-state index in [4.69, 9.17) is 4.74 Å². The zero-order valence-electron chi connectivity index (χ0n) is 11.4. The van der Waals surface area contributed by atoms with Crippen molar-refractivity contribution >= 4 is 5.82 Å². The van der Waals surface area contributed by atoms with Gasteiger partial charge in [0.1, 0.15) is 12.1 Å². The monoisotopic (exact) mass is 250 g/mol. The van der Waals surface area contributed by atoms with Crippen LogP contribution in [0.1, 0.15) is 20.3 Å². The topological polar surface area (TPSA) is 50.3 Å². The van der Waals surface area contributed by atoms with Crippen LogP contribution in [0.15, 0.2) is 12.4 Å². The molecule has 0 radical (unpaired) electrons. The second-order valence-electron chi connectivity index (χ2n) is 5.04. The predicted molar refractivity (Wildman–Crippen MR) is 72.0 cm³/mol. The number of anilines is 1. The summed E-state index contributed by atoms with van der Waals surface area (Å²) in [5.41, 5.74) is 0. The molecule has 0 bridgehead atoms. The van der Waals surface area contributed by atoms with E-state index in [1.165, 1.54) is 6.42 Å². The largest absolute Gasteiger partial charge is 0.475 e. The number of rotatable bonds is 5. The maximum Gasteiger partial charge on any atom is 0.218 e. The Hall–Kier alpha value is -1.36. The molecule has 1 aliphatic heterocycles. The zero-order chi connectivity index (χ0) is 13.0. The standard InChI is InChI=1S/C13H22N4O/c1-10(2)18-13-6-12(15-9-16-13)17-5-4-11(8-17)7-14-3/h6,9-11,14H,4-5,7-8H2,1-3H3.